The van der Waals surface area contributed by atoms with Gasteiger partial charge in [-0.1, -0.05) is 30.3 Å². The van der Waals surface area contributed by atoms with E-state index in [9.17, 15) is 5.11 Å². The quantitative estimate of drug-likeness (QED) is 0.595. The molecule has 21 heavy (non-hydrogen) atoms. The van der Waals surface area contributed by atoms with E-state index in [1.165, 1.54) is 26.6 Å². The molecule has 0 aliphatic carbocycles. The number of fused-ring (bicyclic) bond motifs is 2. The first-order valence-electron chi connectivity index (χ1n) is 6.99. The van der Waals surface area contributed by atoms with E-state index < -0.39 is 0 Å². The molecule has 0 aliphatic heterocycles. The maximum Gasteiger partial charge on any atom is 0.0682 e. The van der Waals surface area contributed by atoms with E-state index in [0.717, 1.165) is 12.1 Å². The number of aromatic nitrogens is 1. The zero-order valence-electron chi connectivity index (χ0n) is 11.5. The van der Waals surface area contributed by atoms with Gasteiger partial charge >= 0.3 is 0 Å². The van der Waals surface area contributed by atoms with Gasteiger partial charge in [-0.05, 0) is 45.5 Å². The Balaban J connectivity index is 1.80. The monoisotopic (exact) mass is 293 g/mol. The smallest absolute Gasteiger partial charge is 0.0682 e. The van der Waals surface area contributed by atoms with Gasteiger partial charge in [0, 0.05) is 23.0 Å². The Labute approximate surface area is 126 Å². The van der Waals surface area contributed by atoms with Crippen LogP contribution in [-0.4, -0.2) is 9.67 Å². The van der Waals surface area contributed by atoms with E-state index in [-0.39, 0.29) is 6.61 Å². The Morgan fingerprint density at radius 1 is 1.05 bits per heavy atom. The van der Waals surface area contributed by atoms with E-state index >= 15 is 0 Å². The van der Waals surface area contributed by atoms with Gasteiger partial charge in [-0.2, -0.15) is 0 Å². The average molecular weight is 293 g/mol. The summed E-state index contributed by atoms with van der Waals surface area (Å²) in [4.78, 5) is 0. The largest absolute Gasteiger partial charge is 0.392 e. The first-order chi connectivity index (χ1) is 10.3. The molecule has 0 radical (unpaired) electrons. The molecule has 4 aromatic rings. The lowest BCUT2D eigenvalue weighted by atomic mass is 10.1. The summed E-state index contributed by atoms with van der Waals surface area (Å²) in [6.45, 7) is 0.949. The van der Waals surface area contributed by atoms with Crippen molar-refractivity contribution < 1.29 is 5.11 Å². The fourth-order valence-corrected chi connectivity index (χ4v) is 3.76. The van der Waals surface area contributed by atoms with Gasteiger partial charge < -0.3 is 9.67 Å². The van der Waals surface area contributed by atoms with Crippen LogP contribution in [-0.2, 0) is 13.2 Å². The van der Waals surface area contributed by atoms with E-state index in [1.54, 1.807) is 11.3 Å². The van der Waals surface area contributed by atoms with Crippen LogP contribution in [0, 0.1) is 0 Å². The van der Waals surface area contributed by atoms with E-state index in [1.807, 2.05) is 6.07 Å². The highest BCUT2D eigenvalue weighted by molar-refractivity contribution is 7.17. The lowest BCUT2D eigenvalue weighted by Crippen LogP contribution is -1.97. The van der Waals surface area contributed by atoms with E-state index in [0.29, 0.717) is 0 Å². The van der Waals surface area contributed by atoms with Crippen molar-refractivity contribution in [2.75, 3.05) is 0 Å². The highest BCUT2D eigenvalue weighted by Gasteiger charge is 2.07. The van der Waals surface area contributed by atoms with Crippen LogP contribution < -0.4 is 0 Å². The molecule has 2 nitrogen and oxygen atoms in total. The molecule has 0 saturated heterocycles. The van der Waals surface area contributed by atoms with Crippen LogP contribution in [0.5, 0.6) is 0 Å². The normalized spacial score (nSPS) is 11.5. The fraction of sp³-hybridized carbons (Fsp3) is 0.111. The van der Waals surface area contributed by atoms with Crippen LogP contribution in [0.2, 0.25) is 0 Å². The molecule has 0 atom stereocenters. The van der Waals surface area contributed by atoms with Crippen LogP contribution >= 0.6 is 11.3 Å². The summed E-state index contributed by atoms with van der Waals surface area (Å²) in [6.07, 6.45) is 2.12. The highest BCUT2D eigenvalue weighted by atomic mass is 32.1. The number of aliphatic hydroxyl groups excluding tert-OH is 1. The summed E-state index contributed by atoms with van der Waals surface area (Å²) in [6, 6.07) is 16.8. The summed E-state index contributed by atoms with van der Waals surface area (Å²) in [7, 11) is 0. The number of benzene rings is 2. The van der Waals surface area contributed by atoms with Crippen molar-refractivity contribution in [1.82, 2.24) is 4.57 Å². The van der Waals surface area contributed by atoms with Crippen LogP contribution in [0.3, 0.4) is 0 Å². The molecule has 0 unspecified atom stereocenters. The van der Waals surface area contributed by atoms with Crippen LogP contribution in [0.25, 0.3) is 21.0 Å². The molecule has 2 heterocycles. The summed E-state index contributed by atoms with van der Waals surface area (Å²) in [5.74, 6) is 0. The molecule has 1 N–H and O–H groups in total. The van der Waals surface area contributed by atoms with Gasteiger partial charge in [0.05, 0.1) is 6.61 Å². The van der Waals surface area contributed by atoms with Gasteiger partial charge in [0.15, 0.2) is 0 Å². The van der Waals surface area contributed by atoms with Crippen LogP contribution in [0.1, 0.15) is 11.1 Å². The number of hydrogen-bond acceptors (Lipinski definition) is 2. The molecular weight excluding hydrogens is 278 g/mol. The SMILES string of the molecule is OCc1ccc2ccn(Cc3csc4ccccc34)c2c1. The van der Waals surface area contributed by atoms with Crippen molar-refractivity contribution in [3.63, 3.8) is 0 Å². The van der Waals surface area contributed by atoms with Gasteiger partial charge in [-0.25, -0.2) is 0 Å². The first kappa shape index (κ1) is 12.6. The summed E-state index contributed by atoms with van der Waals surface area (Å²) in [5.41, 5.74) is 3.48. The lowest BCUT2D eigenvalue weighted by molar-refractivity contribution is 0.282. The van der Waals surface area contributed by atoms with Crippen LogP contribution in [0.4, 0.5) is 0 Å². The Hall–Kier alpha value is -2.10. The molecular formula is C18H15NOS. The Bertz CT molecular complexity index is 919. The molecule has 2 aromatic heterocycles. The zero-order chi connectivity index (χ0) is 14.2. The van der Waals surface area contributed by atoms with Gasteiger partial charge in [-0.15, -0.1) is 11.3 Å². The average Bonchev–Trinajstić information content (AvgIpc) is 3.12. The zero-order valence-corrected chi connectivity index (χ0v) is 12.3. The minimum atomic E-state index is 0.0858. The van der Waals surface area contributed by atoms with Crippen molar-refractivity contribution in [2.24, 2.45) is 0 Å². The number of aliphatic hydroxyl groups is 1. The number of rotatable bonds is 3. The maximum absolute atomic E-state index is 9.32. The lowest BCUT2D eigenvalue weighted by Gasteiger charge is -2.06. The molecule has 0 saturated carbocycles. The van der Waals surface area contributed by atoms with Crippen molar-refractivity contribution in [1.29, 1.82) is 0 Å². The fourth-order valence-electron chi connectivity index (χ4n) is 2.80. The molecule has 2 aromatic carbocycles. The second-order valence-corrected chi connectivity index (χ2v) is 6.16. The molecule has 0 aliphatic rings. The first-order valence-corrected chi connectivity index (χ1v) is 7.87. The molecule has 104 valence electrons. The Kier molecular flexibility index (Phi) is 3.02. The van der Waals surface area contributed by atoms with Gasteiger partial charge in [0.1, 0.15) is 0 Å². The van der Waals surface area contributed by atoms with E-state index in [2.05, 4.69) is 58.6 Å². The Morgan fingerprint density at radius 3 is 2.86 bits per heavy atom. The number of hydrogen-bond donors (Lipinski definition) is 1. The van der Waals surface area contributed by atoms with Gasteiger partial charge in [0.2, 0.25) is 0 Å². The van der Waals surface area contributed by atoms with Crippen molar-refractivity contribution >= 4 is 32.3 Å². The number of thiophene rings is 1. The number of nitrogens with zero attached hydrogens (tertiary/aromatic N) is 1. The second-order valence-electron chi connectivity index (χ2n) is 5.25. The predicted octanol–water partition coefficient (Wildman–Crippen LogP) is 4.40. The maximum atomic E-state index is 9.32. The third-order valence-electron chi connectivity index (χ3n) is 3.92. The summed E-state index contributed by atoms with van der Waals surface area (Å²) in [5, 5.41) is 14.1. The standard InChI is InChI=1S/C18H15NOS/c20-11-13-5-6-14-7-8-19(17(14)9-13)10-15-12-21-18-4-2-1-3-16(15)18/h1-9,12,20H,10-11H2. The molecule has 0 amide bonds. The molecule has 4 rings (SSSR count). The molecule has 0 spiro atoms. The van der Waals surface area contributed by atoms with Crippen LogP contribution in [0.15, 0.2) is 60.1 Å². The third-order valence-corrected chi connectivity index (χ3v) is 4.94. The molecule has 0 bridgehead atoms. The van der Waals surface area contributed by atoms with Crippen molar-refractivity contribution in [2.45, 2.75) is 13.2 Å². The summed E-state index contributed by atoms with van der Waals surface area (Å²) >= 11 is 1.80. The topological polar surface area (TPSA) is 25.2 Å². The minimum Gasteiger partial charge on any atom is -0.392 e. The van der Waals surface area contributed by atoms with Gasteiger partial charge in [0.25, 0.3) is 0 Å². The van der Waals surface area contributed by atoms with Gasteiger partial charge in [-0.3, -0.25) is 0 Å². The highest BCUT2D eigenvalue weighted by Crippen LogP contribution is 2.27. The summed E-state index contributed by atoms with van der Waals surface area (Å²) < 4.78 is 3.59. The second kappa shape index (κ2) is 5.02. The van der Waals surface area contributed by atoms with Crippen molar-refractivity contribution in [3.05, 3.63) is 71.2 Å². The van der Waals surface area contributed by atoms with Crippen molar-refractivity contribution in [3.8, 4) is 0 Å². The molecule has 3 heteroatoms. The molecule has 0 fully saturated rings. The predicted molar refractivity (Wildman–Crippen MR) is 88.8 cm³/mol. The Morgan fingerprint density at radius 2 is 1.95 bits per heavy atom. The van der Waals surface area contributed by atoms with E-state index in [4.69, 9.17) is 0 Å². The minimum absolute atomic E-state index is 0.0858. The third kappa shape index (κ3) is 2.15.